The molecule has 0 unspecified atom stereocenters. The molecule has 41 heavy (non-hydrogen) atoms. The fourth-order valence-electron chi connectivity index (χ4n) is 5.76. The van der Waals surface area contributed by atoms with E-state index >= 15 is 0 Å². The van der Waals surface area contributed by atoms with Gasteiger partial charge in [0.15, 0.2) is 0 Å². The van der Waals surface area contributed by atoms with E-state index in [0.717, 1.165) is 61.6 Å². The minimum atomic E-state index is -0.463. The zero-order chi connectivity index (χ0) is 28.3. The maximum atomic E-state index is 13.3. The smallest absolute Gasteiger partial charge is 0.337 e. The average Bonchev–Trinajstić information content (AvgIpc) is 3.58. The molecule has 3 aromatic rings. The van der Waals surface area contributed by atoms with Crippen LogP contribution >= 0.6 is 0 Å². The lowest BCUT2D eigenvalue weighted by Gasteiger charge is -2.27. The van der Waals surface area contributed by atoms with Crippen molar-refractivity contribution in [2.24, 2.45) is 0 Å². The SMILES string of the molecule is COC(=O)c1ccc2c(c1)NC(=O)/C2=C(\Nc1ccc2c(c1)CCN2C(=O)CCN1CCNCC1)c1ccccc1. The lowest BCUT2D eigenvalue weighted by molar-refractivity contribution is -0.119. The Morgan fingerprint density at radius 1 is 0.951 bits per heavy atom. The predicted octanol–water partition coefficient (Wildman–Crippen LogP) is 3.59. The molecule has 3 N–H and O–H groups in total. The van der Waals surface area contributed by atoms with E-state index in [1.165, 1.54) is 7.11 Å². The van der Waals surface area contributed by atoms with E-state index in [1.807, 2.05) is 47.4 Å². The molecule has 0 aromatic heterocycles. The number of piperazine rings is 1. The molecule has 3 aliphatic rings. The third-order valence-electron chi connectivity index (χ3n) is 7.89. The number of ether oxygens (including phenoxy) is 1. The van der Waals surface area contributed by atoms with Crippen LogP contribution in [0.4, 0.5) is 17.1 Å². The number of anilines is 3. The second-order valence-corrected chi connectivity index (χ2v) is 10.4. The van der Waals surface area contributed by atoms with Crippen molar-refractivity contribution in [1.29, 1.82) is 0 Å². The molecule has 6 rings (SSSR count). The first-order chi connectivity index (χ1) is 20.0. The van der Waals surface area contributed by atoms with Gasteiger partial charge in [0.2, 0.25) is 5.91 Å². The molecule has 1 fully saturated rings. The highest BCUT2D eigenvalue weighted by molar-refractivity contribution is 6.37. The molecule has 3 heterocycles. The van der Waals surface area contributed by atoms with Crippen LogP contribution in [0.3, 0.4) is 0 Å². The molecule has 0 saturated carbocycles. The summed E-state index contributed by atoms with van der Waals surface area (Å²) >= 11 is 0. The molecule has 9 heteroatoms. The Hall–Kier alpha value is -4.47. The standard InChI is InChI=1S/C32H33N5O4/c1-41-32(40)23-7-9-25-26(20-23)35-31(39)29(25)30(21-5-3-2-4-6-21)34-24-8-10-27-22(19-24)11-16-37(27)28(38)12-15-36-17-13-33-14-18-36/h2-10,19-20,33-34H,11-18H2,1H3,(H,35,39)/b30-29-. The molecule has 0 bridgehead atoms. The molecular weight excluding hydrogens is 518 g/mol. The van der Waals surface area contributed by atoms with E-state index in [4.69, 9.17) is 4.74 Å². The fourth-order valence-corrected chi connectivity index (χ4v) is 5.76. The van der Waals surface area contributed by atoms with Gasteiger partial charge in [0.05, 0.1) is 29.6 Å². The van der Waals surface area contributed by atoms with Crippen LogP contribution in [-0.4, -0.2) is 69.1 Å². The summed E-state index contributed by atoms with van der Waals surface area (Å²) in [6, 6.07) is 20.8. The van der Waals surface area contributed by atoms with Gasteiger partial charge in [-0.05, 0) is 47.9 Å². The largest absolute Gasteiger partial charge is 0.465 e. The molecule has 210 valence electrons. The van der Waals surface area contributed by atoms with Crippen LogP contribution in [0.25, 0.3) is 11.3 Å². The Bertz CT molecular complexity index is 1530. The number of hydrogen-bond donors (Lipinski definition) is 3. The van der Waals surface area contributed by atoms with Gasteiger partial charge >= 0.3 is 5.97 Å². The number of rotatable bonds is 7. The average molecular weight is 552 g/mol. The first-order valence-electron chi connectivity index (χ1n) is 14.0. The van der Waals surface area contributed by atoms with Crippen molar-refractivity contribution >= 4 is 46.1 Å². The first kappa shape index (κ1) is 26.7. The molecular formula is C32H33N5O4. The molecule has 0 atom stereocenters. The van der Waals surface area contributed by atoms with Crippen molar-refractivity contribution in [2.45, 2.75) is 12.8 Å². The summed E-state index contributed by atoms with van der Waals surface area (Å²) in [7, 11) is 1.33. The summed E-state index contributed by atoms with van der Waals surface area (Å²) in [4.78, 5) is 42.7. The molecule has 0 spiro atoms. The number of amides is 2. The van der Waals surface area contributed by atoms with Crippen molar-refractivity contribution in [3.8, 4) is 0 Å². The zero-order valence-electron chi connectivity index (χ0n) is 23.0. The van der Waals surface area contributed by atoms with E-state index in [0.29, 0.717) is 41.1 Å². The lowest BCUT2D eigenvalue weighted by Crippen LogP contribution is -2.44. The topological polar surface area (TPSA) is 103 Å². The van der Waals surface area contributed by atoms with Gasteiger partial charge in [0.25, 0.3) is 5.91 Å². The van der Waals surface area contributed by atoms with Gasteiger partial charge in [-0.1, -0.05) is 36.4 Å². The highest BCUT2D eigenvalue weighted by atomic mass is 16.5. The molecule has 3 aliphatic heterocycles. The monoisotopic (exact) mass is 551 g/mol. The van der Waals surface area contributed by atoms with Gasteiger partial charge in [0.1, 0.15) is 0 Å². The maximum Gasteiger partial charge on any atom is 0.337 e. The Balaban J connectivity index is 1.27. The molecule has 0 radical (unpaired) electrons. The summed E-state index contributed by atoms with van der Waals surface area (Å²) in [6.45, 7) is 5.35. The van der Waals surface area contributed by atoms with Gasteiger partial charge in [0, 0.05) is 62.6 Å². The normalized spacial score (nSPS) is 17.5. The Morgan fingerprint density at radius 2 is 1.76 bits per heavy atom. The Morgan fingerprint density at radius 3 is 2.54 bits per heavy atom. The van der Waals surface area contributed by atoms with E-state index < -0.39 is 5.97 Å². The highest BCUT2D eigenvalue weighted by Crippen LogP contribution is 2.39. The van der Waals surface area contributed by atoms with E-state index in [2.05, 4.69) is 26.9 Å². The number of nitrogens with one attached hydrogen (secondary N) is 3. The first-order valence-corrected chi connectivity index (χ1v) is 14.0. The Kier molecular flexibility index (Phi) is 7.54. The van der Waals surface area contributed by atoms with Crippen molar-refractivity contribution in [1.82, 2.24) is 10.2 Å². The minimum Gasteiger partial charge on any atom is -0.465 e. The summed E-state index contributed by atoms with van der Waals surface area (Å²) in [5.41, 5.74) is 6.53. The van der Waals surface area contributed by atoms with Crippen LogP contribution in [0.2, 0.25) is 0 Å². The molecule has 1 saturated heterocycles. The van der Waals surface area contributed by atoms with Crippen molar-refractivity contribution < 1.29 is 19.1 Å². The van der Waals surface area contributed by atoms with Gasteiger partial charge in [-0.25, -0.2) is 4.79 Å². The minimum absolute atomic E-state index is 0.153. The maximum absolute atomic E-state index is 13.3. The van der Waals surface area contributed by atoms with Crippen LogP contribution in [0.5, 0.6) is 0 Å². The second-order valence-electron chi connectivity index (χ2n) is 10.4. The molecule has 9 nitrogen and oxygen atoms in total. The fraction of sp³-hybridized carbons (Fsp3) is 0.281. The summed E-state index contributed by atoms with van der Waals surface area (Å²) in [5.74, 6) is -0.563. The Labute approximate surface area is 239 Å². The molecule has 3 aromatic carbocycles. The number of carbonyl (C=O) groups excluding carboxylic acids is 3. The van der Waals surface area contributed by atoms with Crippen molar-refractivity contribution in [3.05, 3.63) is 89.0 Å². The number of hydrogen-bond acceptors (Lipinski definition) is 7. The van der Waals surface area contributed by atoms with Gasteiger partial charge in [-0.15, -0.1) is 0 Å². The van der Waals surface area contributed by atoms with Gasteiger partial charge in [-0.2, -0.15) is 0 Å². The highest BCUT2D eigenvalue weighted by Gasteiger charge is 2.30. The summed E-state index contributed by atoms with van der Waals surface area (Å²) in [6.07, 6.45) is 1.29. The van der Waals surface area contributed by atoms with Crippen molar-refractivity contribution in [3.63, 3.8) is 0 Å². The van der Waals surface area contributed by atoms with Gasteiger partial charge in [-0.3, -0.25) is 9.59 Å². The number of carbonyl (C=O) groups is 3. The zero-order valence-corrected chi connectivity index (χ0v) is 23.0. The lowest BCUT2D eigenvalue weighted by atomic mass is 9.99. The third-order valence-corrected chi connectivity index (χ3v) is 7.89. The van der Waals surface area contributed by atoms with E-state index in [1.54, 1.807) is 18.2 Å². The molecule has 0 aliphatic carbocycles. The predicted molar refractivity (Wildman–Crippen MR) is 160 cm³/mol. The van der Waals surface area contributed by atoms with Crippen LogP contribution in [0.15, 0.2) is 66.7 Å². The number of esters is 1. The number of benzene rings is 3. The summed E-state index contributed by atoms with van der Waals surface area (Å²) in [5, 5.41) is 9.76. The second kappa shape index (κ2) is 11.6. The van der Waals surface area contributed by atoms with Crippen molar-refractivity contribution in [2.75, 3.05) is 61.9 Å². The van der Waals surface area contributed by atoms with E-state index in [9.17, 15) is 14.4 Å². The number of methoxy groups -OCH3 is 1. The molecule has 2 amide bonds. The summed E-state index contributed by atoms with van der Waals surface area (Å²) < 4.78 is 4.84. The van der Waals surface area contributed by atoms with Crippen LogP contribution < -0.4 is 20.9 Å². The number of nitrogens with zero attached hydrogens (tertiary/aromatic N) is 2. The van der Waals surface area contributed by atoms with Crippen LogP contribution in [-0.2, 0) is 20.7 Å². The van der Waals surface area contributed by atoms with Crippen LogP contribution in [0.1, 0.15) is 33.5 Å². The number of fused-ring (bicyclic) bond motifs is 2. The van der Waals surface area contributed by atoms with Gasteiger partial charge < -0.3 is 30.5 Å². The third kappa shape index (κ3) is 5.46. The van der Waals surface area contributed by atoms with Crippen LogP contribution in [0, 0.1) is 0 Å². The van der Waals surface area contributed by atoms with E-state index in [-0.39, 0.29) is 11.8 Å². The quantitative estimate of drug-likeness (QED) is 0.305.